The van der Waals surface area contributed by atoms with E-state index in [1.807, 2.05) is 0 Å². The third kappa shape index (κ3) is 15.7. The zero-order valence-electron chi connectivity index (χ0n) is 57.2. The van der Waals surface area contributed by atoms with Gasteiger partial charge in [-0.2, -0.15) is 4.58 Å². The first-order valence-electron chi connectivity index (χ1n) is 35.0. The first kappa shape index (κ1) is 67.1. The Morgan fingerprint density at radius 3 is 1.52 bits per heavy atom. The number of hydrogen-bond acceptors (Lipinski definition) is 5. The molecule has 0 amide bonds. The monoisotopic (exact) mass is 1210 g/mol. The van der Waals surface area contributed by atoms with Crippen LogP contribution in [-0.2, 0) is 25.7 Å². The Morgan fingerprint density at radius 2 is 0.944 bits per heavy atom. The predicted molar refractivity (Wildman–Crippen MR) is 388 cm³/mol. The maximum absolute atomic E-state index is 2.59. The molecule has 0 saturated carbocycles. The van der Waals surface area contributed by atoms with Crippen molar-refractivity contribution in [1.29, 1.82) is 0 Å². The highest BCUT2D eigenvalue weighted by molar-refractivity contribution is 5.88. The predicted octanol–water partition coefficient (Wildman–Crippen LogP) is 12.9. The Morgan fingerprint density at radius 1 is 0.444 bits per heavy atom. The summed E-state index contributed by atoms with van der Waals surface area (Å²) in [6.45, 7) is 44.0. The Balaban J connectivity index is 0.000000213. The van der Waals surface area contributed by atoms with E-state index in [-0.39, 0.29) is 0 Å². The van der Waals surface area contributed by atoms with Crippen molar-refractivity contribution < 1.29 is 9.80 Å². The number of aryl methyl sites for hydroxylation is 4. The molecule has 8 nitrogen and oxygen atoms in total. The largest absolute Gasteiger partial charge is 0.372 e. The molecule has 474 valence electrons. The number of nitrogens with one attached hydrogen (secondary N) is 2. The van der Waals surface area contributed by atoms with Crippen LogP contribution in [0.25, 0.3) is 11.1 Å². The molecule has 0 atom stereocenters. The molecule has 0 radical (unpaired) electrons. The normalized spacial score (nSPS) is 14.6. The summed E-state index contributed by atoms with van der Waals surface area (Å²) >= 11 is 0. The van der Waals surface area contributed by atoms with Gasteiger partial charge in [-0.15, -0.1) is 0 Å². The van der Waals surface area contributed by atoms with E-state index >= 15 is 0 Å². The minimum absolute atomic E-state index is 0.431. The van der Waals surface area contributed by atoms with Crippen LogP contribution in [-0.4, -0.2) is 121 Å². The molecular weight excluding hydrogens is 1100 g/mol. The Bertz CT molecular complexity index is 3550. The van der Waals surface area contributed by atoms with Gasteiger partial charge in [0.05, 0.1) is 32.7 Å². The highest BCUT2D eigenvalue weighted by Gasteiger charge is 2.26. The fourth-order valence-corrected chi connectivity index (χ4v) is 14.3. The second-order valence-corrected chi connectivity index (χ2v) is 24.4. The maximum atomic E-state index is 2.59. The van der Waals surface area contributed by atoms with Crippen LogP contribution < -0.4 is 39.7 Å². The second-order valence-electron chi connectivity index (χ2n) is 24.4. The number of likely N-dealkylation sites (N-methyl/N-ethyl adjacent to an activating group) is 3. The fourth-order valence-electron chi connectivity index (χ4n) is 14.3. The van der Waals surface area contributed by atoms with Crippen LogP contribution >= 0.6 is 0 Å². The molecule has 7 aromatic carbocycles. The number of nitrogens with zero attached hydrogens (tertiary/aromatic N) is 6. The van der Waals surface area contributed by atoms with Gasteiger partial charge in [0.25, 0.3) is 0 Å². The molecule has 2 aliphatic heterocycles. The Hall–Kier alpha value is -7.33. The molecule has 0 saturated heterocycles. The van der Waals surface area contributed by atoms with Crippen molar-refractivity contribution in [3.05, 3.63) is 243 Å². The van der Waals surface area contributed by atoms with E-state index in [0.29, 0.717) is 6.04 Å². The van der Waals surface area contributed by atoms with Crippen molar-refractivity contribution in [3.8, 4) is 0 Å². The third-order valence-electron chi connectivity index (χ3n) is 19.9. The summed E-state index contributed by atoms with van der Waals surface area (Å²) in [6.07, 6.45) is 13.8. The molecule has 0 fully saturated rings. The van der Waals surface area contributed by atoms with E-state index in [0.717, 1.165) is 130 Å². The van der Waals surface area contributed by atoms with Gasteiger partial charge in [-0.3, -0.25) is 4.90 Å². The van der Waals surface area contributed by atoms with Gasteiger partial charge in [-0.05, 0) is 254 Å². The van der Waals surface area contributed by atoms with Gasteiger partial charge >= 0.3 is 0 Å². The molecule has 7 aromatic rings. The molecule has 2 heterocycles. The molecule has 0 spiro atoms. The van der Waals surface area contributed by atoms with Crippen molar-refractivity contribution in [3.63, 3.8) is 0 Å². The number of quaternary nitrogens is 2. The summed E-state index contributed by atoms with van der Waals surface area (Å²) in [4.78, 5) is 15.6. The number of hydrogen-bond donors (Lipinski definition) is 2. The van der Waals surface area contributed by atoms with E-state index in [9.17, 15) is 0 Å². The van der Waals surface area contributed by atoms with Crippen molar-refractivity contribution >= 4 is 45.3 Å². The summed E-state index contributed by atoms with van der Waals surface area (Å²) in [5.74, 6) is 0. The van der Waals surface area contributed by atoms with Crippen LogP contribution in [0.5, 0.6) is 0 Å². The number of anilines is 4. The van der Waals surface area contributed by atoms with Gasteiger partial charge in [0, 0.05) is 85.3 Å². The lowest BCUT2D eigenvalue weighted by atomic mass is 9.88. The minimum Gasteiger partial charge on any atom is -0.372 e. The number of benzene rings is 7. The molecule has 0 aromatic heterocycles. The van der Waals surface area contributed by atoms with E-state index in [1.165, 1.54) is 111 Å². The SMILES string of the molecule is CCN(CC)CCN1c2ccccc2CCc2cc(C(=C3C=CC([NH+](CC)CC)C=C3)c3ccc(N(CC)CC)cc3)ccc21.CCN(CC)CC[N+]1=c2cc/c(=C(/c3ccc(N(CC)CC)cc3)c3ccc([NH+](CC)CC)cc3)cc2CCc2ccccc21. The number of allylic oxidation sites excluding steroid dienone is 3. The fraction of sp³-hybridized carbons (Fsp3) is 0.402. The van der Waals surface area contributed by atoms with Gasteiger partial charge in [0.2, 0.25) is 11.0 Å². The van der Waals surface area contributed by atoms with E-state index < -0.39 is 0 Å². The zero-order chi connectivity index (χ0) is 63.5. The van der Waals surface area contributed by atoms with Crippen LogP contribution in [0.1, 0.15) is 128 Å². The Kier molecular flexibility index (Phi) is 24.7. The standard InChI is InChI=1S/C41H54N4.C41H53N4/c2*1-7-42(8-2)29-30-45-39-16-14-13-15-32(39)17-18-35-31-36(23-28-40(35)45)41(33-19-24-37(25-20-33)43(9-3)10-4)34-21-26-38(27-22-34)44(11-5)12-6/h13-16,19-28,31,37H,7-12,17-18,29-30H2,1-6H3;13-16,19-28,31H,7-12,17-18,29-30H2,1-6H3/q;+1/p+2. The first-order chi connectivity index (χ1) is 44.1. The highest BCUT2D eigenvalue weighted by Crippen LogP contribution is 2.40. The third-order valence-corrected chi connectivity index (χ3v) is 19.9. The lowest BCUT2D eigenvalue weighted by Gasteiger charge is -2.30. The smallest absolute Gasteiger partial charge is 0.208 e. The van der Waals surface area contributed by atoms with Crippen molar-refractivity contribution in [1.82, 2.24) is 14.4 Å². The minimum atomic E-state index is 0.431. The van der Waals surface area contributed by atoms with Crippen LogP contribution in [0.3, 0.4) is 0 Å². The molecule has 90 heavy (non-hydrogen) atoms. The van der Waals surface area contributed by atoms with Gasteiger partial charge in [-0.25, -0.2) is 0 Å². The Labute approximate surface area is 543 Å². The highest BCUT2D eigenvalue weighted by atomic mass is 15.2. The number of rotatable bonds is 26. The zero-order valence-corrected chi connectivity index (χ0v) is 57.2. The molecule has 10 rings (SSSR count). The van der Waals surface area contributed by atoms with Crippen molar-refractivity contribution in [2.45, 2.75) is 115 Å². The quantitative estimate of drug-likeness (QED) is 0.0527. The van der Waals surface area contributed by atoms with Gasteiger partial charge in [0.1, 0.15) is 11.7 Å². The first-order valence-corrected chi connectivity index (χ1v) is 35.0. The lowest BCUT2D eigenvalue weighted by molar-refractivity contribution is -0.908. The van der Waals surface area contributed by atoms with Gasteiger partial charge in [-0.1, -0.05) is 107 Å². The van der Waals surface area contributed by atoms with E-state index in [4.69, 9.17) is 0 Å². The summed E-state index contributed by atoms with van der Waals surface area (Å²) in [5, 5.41) is 2.65. The molecular formula is C82H109N8+3. The molecule has 0 unspecified atom stereocenters. The van der Waals surface area contributed by atoms with Gasteiger partial charge < -0.3 is 29.4 Å². The average molecular weight is 1210 g/mol. The van der Waals surface area contributed by atoms with E-state index in [1.54, 1.807) is 4.90 Å². The molecule has 1 aliphatic carbocycles. The molecule has 3 aliphatic rings. The van der Waals surface area contributed by atoms with Crippen LogP contribution in [0, 0.1) is 0 Å². The topological polar surface area (TPSA) is 28.1 Å². The maximum Gasteiger partial charge on any atom is 0.208 e. The van der Waals surface area contributed by atoms with E-state index in [2.05, 4.69) is 294 Å². The second kappa shape index (κ2) is 33.1. The molecule has 2 N–H and O–H groups in total. The summed E-state index contributed by atoms with van der Waals surface area (Å²) in [6, 6.07) is 60.9. The van der Waals surface area contributed by atoms with Crippen LogP contribution in [0.2, 0.25) is 0 Å². The lowest BCUT2D eigenvalue weighted by Crippen LogP contribution is -3.14. The summed E-state index contributed by atoms with van der Waals surface area (Å²) in [5.41, 5.74) is 22.8. The molecule has 0 bridgehead atoms. The van der Waals surface area contributed by atoms with Crippen LogP contribution in [0.15, 0.2) is 188 Å². The summed E-state index contributed by atoms with van der Waals surface area (Å²) in [7, 11) is 0. The number of para-hydroxylation sites is 2. The number of fused-ring (bicyclic) bond motifs is 4. The summed E-state index contributed by atoms with van der Waals surface area (Å²) < 4.78 is 2.58. The average Bonchev–Trinajstić information content (AvgIpc) is 2.58. The van der Waals surface area contributed by atoms with Crippen molar-refractivity contribution in [2.75, 3.05) is 119 Å². The molecule has 8 heteroatoms. The van der Waals surface area contributed by atoms with Crippen molar-refractivity contribution in [2.24, 2.45) is 0 Å². The van der Waals surface area contributed by atoms with Crippen LogP contribution in [0.4, 0.5) is 34.1 Å². The van der Waals surface area contributed by atoms with Gasteiger partial charge in [0.15, 0.2) is 6.54 Å².